The van der Waals surface area contributed by atoms with Crippen molar-refractivity contribution < 1.29 is 13.9 Å². The van der Waals surface area contributed by atoms with Crippen LogP contribution in [0.1, 0.15) is 0 Å². The lowest BCUT2D eigenvalue weighted by Gasteiger charge is -2.15. The van der Waals surface area contributed by atoms with Crippen molar-refractivity contribution in [3.05, 3.63) is 82.9 Å². The summed E-state index contributed by atoms with van der Waals surface area (Å²) in [5.74, 6) is -0.976. The van der Waals surface area contributed by atoms with Crippen LogP contribution in [0.25, 0.3) is 10.8 Å². The van der Waals surface area contributed by atoms with E-state index in [9.17, 15) is 19.1 Å². The second-order valence-corrected chi connectivity index (χ2v) is 8.14. The van der Waals surface area contributed by atoms with Crippen LogP contribution in [0.15, 0.2) is 82.1 Å². The number of carbonyl (C=O) groups is 1. The smallest absolute Gasteiger partial charge is 0.319 e. The zero-order chi connectivity index (χ0) is 19.4. The highest BCUT2D eigenvalue weighted by Gasteiger charge is 2.42. The lowest BCUT2D eigenvalue weighted by molar-refractivity contribution is -0.482. The van der Waals surface area contributed by atoms with Gasteiger partial charge in [0.1, 0.15) is 0 Å². The summed E-state index contributed by atoms with van der Waals surface area (Å²) < 4.78 is 17.1. The molecule has 0 saturated carbocycles. The average molecular weight is 383 g/mol. The van der Waals surface area contributed by atoms with Crippen molar-refractivity contribution in [2.75, 3.05) is 12.4 Å². The third-order valence-corrected chi connectivity index (χ3v) is 6.60. The van der Waals surface area contributed by atoms with E-state index < -0.39 is 25.9 Å². The number of benzene rings is 3. The first-order valence-electron chi connectivity index (χ1n) is 8.08. The molecular weight excluding hydrogens is 366 g/mol. The summed E-state index contributed by atoms with van der Waals surface area (Å²) in [6.07, 6.45) is 0. The van der Waals surface area contributed by atoms with Gasteiger partial charge < -0.3 is 5.32 Å². The highest BCUT2D eigenvalue weighted by Crippen LogP contribution is 2.25. The van der Waals surface area contributed by atoms with E-state index in [1.807, 2.05) is 18.2 Å². The van der Waals surface area contributed by atoms with E-state index in [1.54, 1.807) is 42.5 Å². The van der Waals surface area contributed by atoms with Crippen molar-refractivity contribution in [3.63, 3.8) is 0 Å². The molecule has 3 aromatic carbocycles. The summed E-state index contributed by atoms with van der Waals surface area (Å²) in [5.41, 5.74) is 0.413. The minimum Gasteiger partial charge on any atom is -0.319 e. The van der Waals surface area contributed by atoms with Gasteiger partial charge in [-0.3, -0.25) is 14.9 Å². The Hall–Kier alpha value is -3.26. The molecule has 0 radical (unpaired) electrons. The Labute approximate surface area is 156 Å². The number of hydrogen-bond donors (Lipinski definition) is 1. The third kappa shape index (κ3) is 3.52. The fraction of sp³-hybridized carbons (Fsp3) is 0.105. The van der Waals surface area contributed by atoms with Gasteiger partial charge in [0.15, 0.2) is 9.73 Å². The van der Waals surface area contributed by atoms with Gasteiger partial charge in [0.05, 0.1) is 4.90 Å². The van der Waals surface area contributed by atoms with Gasteiger partial charge in [0.2, 0.25) is 0 Å². The molecular formula is C19H17N3O4S. The first-order chi connectivity index (χ1) is 13.0. The fourth-order valence-electron chi connectivity index (χ4n) is 2.84. The molecule has 0 aliphatic heterocycles. The first kappa shape index (κ1) is 18.5. The van der Waals surface area contributed by atoms with Crippen LogP contribution in [0.4, 0.5) is 5.69 Å². The molecule has 3 rings (SSSR count). The van der Waals surface area contributed by atoms with Crippen LogP contribution in [0, 0.1) is 10.1 Å². The predicted molar refractivity (Wildman–Crippen MR) is 105 cm³/mol. The highest BCUT2D eigenvalue weighted by molar-refractivity contribution is 7.94. The van der Waals surface area contributed by atoms with Crippen molar-refractivity contribution in [1.82, 2.24) is 0 Å². The number of nitro groups is 1. The lowest BCUT2D eigenvalue weighted by Crippen LogP contribution is -2.41. The van der Waals surface area contributed by atoms with E-state index in [-0.39, 0.29) is 4.90 Å². The Morgan fingerprint density at radius 2 is 1.67 bits per heavy atom. The van der Waals surface area contributed by atoms with Crippen molar-refractivity contribution in [2.45, 2.75) is 10.3 Å². The van der Waals surface area contributed by atoms with Gasteiger partial charge >= 0.3 is 11.3 Å². The summed E-state index contributed by atoms with van der Waals surface area (Å²) in [7, 11) is -2.39. The maximum atomic E-state index is 13.3. The summed E-state index contributed by atoms with van der Waals surface area (Å²) in [4.78, 5) is 23.8. The fourth-order valence-corrected chi connectivity index (χ4v) is 4.63. The van der Waals surface area contributed by atoms with Crippen LogP contribution >= 0.6 is 0 Å². The SMILES string of the molecule is CN=S(=O)(c1ccccc1)C(C(=O)Nc1cccc2ccccc12)[N+](=O)[O-]. The number of nitrogens with zero attached hydrogens (tertiary/aromatic N) is 2. The van der Waals surface area contributed by atoms with E-state index in [0.717, 1.165) is 10.8 Å². The molecule has 138 valence electrons. The van der Waals surface area contributed by atoms with Crippen molar-refractivity contribution in [1.29, 1.82) is 0 Å². The Bertz CT molecular complexity index is 1120. The van der Waals surface area contributed by atoms with E-state index >= 15 is 0 Å². The summed E-state index contributed by atoms with van der Waals surface area (Å²) >= 11 is 0. The maximum absolute atomic E-state index is 13.3. The van der Waals surface area contributed by atoms with Crippen molar-refractivity contribution in [3.8, 4) is 0 Å². The van der Waals surface area contributed by atoms with Gasteiger partial charge in [-0.15, -0.1) is 0 Å². The van der Waals surface area contributed by atoms with Gasteiger partial charge in [0, 0.05) is 23.0 Å². The molecule has 7 nitrogen and oxygen atoms in total. The Morgan fingerprint density at radius 3 is 2.33 bits per heavy atom. The molecule has 0 heterocycles. The quantitative estimate of drug-likeness (QED) is 0.538. The number of fused-ring (bicyclic) bond motifs is 1. The molecule has 0 saturated heterocycles. The second-order valence-electron chi connectivity index (χ2n) is 5.72. The van der Waals surface area contributed by atoms with Crippen LogP contribution in [-0.2, 0) is 14.5 Å². The number of amides is 1. The predicted octanol–water partition coefficient (Wildman–Crippen LogP) is 3.54. The maximum Gasteiger partial charge on any atom is 0.373 e. The number of hydrogen-bond acceptors (Lipinski definition) is 5. The van der Waals surface area contributed by atoms with E-state index in [2.05, 4.69) is 9.68 Å². The first-order valence-corrected chi connectivity index (χ1v) is 9.66. The largest absolute Gasteiger partial charge is 0.373 e. The molecule has 0 aliphatic rings. The van der Waals surface area contributed by atoms with Gasteiger partial charge in [-0.25, -0.2) is 8.57 Å². The van der Waals surface area contributed by atoms with Gasteiger partial charge in [0.25, 0.3) is 0 Å². The third-order valence-electron chi connectivity index (χ3n) is 4.12. The lowest BCUT2D eigenvalue weighted by atomic mass is 10.1. The van der Waals surface area contributed by atoms with E-state index in [4.69, 9.17) is 0 Å². The van der Waals surface area contributed by atoms with Gasteiger partial charge in [-0.05, 0) is 23.6 Å². The van der Waals surface area contributed by atoms with Crippen LogP contribution in [0.3, 0.4) is 0 Å². The zero-order valence-corrected chi connectivity index (χ0v) is 15.3. The number of rotatable bonds is 5. The number of anilines is 1. The minimum absolute atomic E-state index is 0.141. The van der Waals surface area contributed by atoms with Gasteiger partial charge in [-0.2, -0.15) is 0 Å². The molecule has 2 unspecified atom stereocenters. The molecule has 2 atom stereocenters. The molecule has 8 heteroatoms. The molecule has 27 heavy (non-hydrogen) atoms. The molecule has 0 bridgehead atoms. The number of nitrogens with one attached hydrogen (secondary N) is 1. The van der Waals surface area contributed by atoms with Crippen molar-refractivity contribution >= 4 is 32.1 Å². The Kier molecular flexibility index (Phi) is 5.18. The van der Waals surface area contributed by atoms with Crippen LogP contribution in [0.2, 0.25) is 0 Å². The molecule has 1 amide bonds. The monoisotopic (exact) mass is 383 g/mol. The normalized spacial score (nSPS) is 14.1. The summed E-state index contributed by atoms with van der Waals surface area (Å²) in [6.45, 7) is 0. The van der Waals surface area contributed by atoms with Crippen LogP contribution < -0.4 is 5.32 Å². The average Bonchev–Trinajstić information content (AvgIpc) is 2.68. The molecule has 0 fully saturated rings. The van der Waals surface area contributed by atoms with E-state index in [1.165, 1.54) is 19.2 Å². The highest BCUT2D eigenvalue weighted by atomic mass is 32.2. The Balaban J connectivity index is 2.04. The van der Waals surface area contributed by atoms with Crippen LogP contribution in [-0.4, -0.2) is 27.5 Å². The standard InChI is InChI=1S/C19H17N3O4S/c1-20-27(26,15-10-3-2-4-11-15)19(22(24)25)18(23)21-17-13-7-9-14-8-5-6-12-16(14)17/h2-13,19H,1H3,(H,21,23). The number of carbonyl (C=O) groups excluding carboxylic acids is 1. The summed E-state index contributed by atoms with van der Waals surface area (Å²) in [5, 5.41) is 13.8. The Morgan fingerprint density at radius 1 is 1.04 bits per heavy atom. The zero-order valence-electron chi connectivity index (χ0n) is 14.4. The molecule has 0 spiro atoms. The minimum atomic E-state index is -3.60. The topological polar surface area (TPSA) is 102 Å². The molecule has 1 N–H and O–H groups in total. The second kappa shape index (κ2) is 7.55. The molecule has 0 aliphatic carbocycles. The van der Waals surface area contributed by atoms with Crippen LogP contribution in [0.5, 0.6) is 0 Å². The summed E-state index contributed by atoms with van der Waals surface area (Å²) in [6, 6.07) is 20.4. The van der Waals surface area contributed by atoms with Gasteiger partial charge in [-0.1, -0.05) is 54.6 Å². The molecule has 0 aromatic heterocycles. The molecule has 3 aromatic rings. The van der Waals surface area contributed by atoms with E-state index in [0.29, 0.717) is 5.69 Å². The van der Waals surface area contributed by atoms with Crippen molar-refractivity contribution in [2.24, 2.45) is 4.36 Å².